The Morgan fingerprint density at radius 1 is 1.04 bits per heavy atom. The highest BCUT2D eigenvalue weighted by Crippen LogP contribution is 2.32. The molecule has 2 aromatic carbocycles. The molecule has 0 unspecified atom stereocenters. The molecule has 134 valence electrons. The Bertz CT molecular complexity index is 874. The lowest BCUT2D eigenvalue weighted by molar-refractivity contribution is -0.118. The Morgan fingerprint density at radius 2 is 1.69 bits per heavy atom. The zero-order chi connectivity index (χ0) is 18.6. The summed E-state index contributed by atoms with van der Waals surface area (Å²) in [6.45, 7) is 6.15. The topological polar surface area (TPSA) is 64.1 Å². The highest BCUT2D eigenvalue weighted by molar-refractivity contribution is 7.15. The minimum atomic E-state index is -0.255. The van der Waals surface area contributed by atoms with Crippen LogP contribution in [0.5, 0.6) is 5.75 Å². The molecule has 0 spiro atoms. The van der Waals surface area contributed by atoms with Gasteiger partial charge in [0.2, 0.25) is 5.13 Å². The van der Waals surface area contributed by atoms with E-state index in [1.54, 1.807) is 0 Å². The molecule has 0 aliphatic carbocycles. The monoisotopic (exact) mass is 367 g/mol. The molecule has 0 saturated heterocycles. The SMILES string of the molecule is Cc1nnc(NC(=O)COc2ccc(C(C)(C)c3ccccc3)cc2)s1. The third-order valence-corrected chi connectivity index (χ3v) is 4.97. The van der Waals surface area contributed by atoms with Gasteiger partial charge in [-0.2, -0.15) is 0 Å². The van der Waals surface area contributed by atoms with Gasteiger partial charge in [-0.3, -0.25) is 10.1 Å². The molecule has 1 aromatic heterocycles. The quantitative estimate of drug-likeness (QED) is 0.709. The number of nitrogens with zero attached hydrogens (tertiary/aromatic N) is 2. The lowest BCUT2D eigenvalue weighted by Crippen LogP contribution is -2.20. The van der Waals surface area contributed by atoms with Crippen LogP contribution in [0.15, 0.2) is 54.6 Å². The minimum Gasteiger partial charge on any atom is -0.484 e. The molecule has 1 heterocycles. The van der Waals surface area contributed by atoms with Crippen LogP contribution in [-0.2, 0) is 10.2 Å². The van der Waals surface area contributed by atoms with E-state index >= 15 is 0 Å². The number of rotatable bonds is 6. The number of aromatic nitrogens is 2. The van der Waals surface area contributed by atoms with Crippen LogP contribution in [0.2, 0.25) is 0 Å². The van der Waals surface area contributed by atoms with Crippen molar-refractivity contribution in [2.75, 3.05) is 11.9 Å². The average Bonchev–Trinajstić information content (AvgIpc) is 3.06. The van der Waals surface area contributed by atoms with E-state index in [1.807, 2.05) is 49.4 Å². The number of hydrogen-bond donors (Lipinski definition) is 1. The van der Waals surface area contributed by atoms with Gasteiger partial charge < -0.3 is 4.74 Å². The Balaban J connectivity index is 1.60. The largest absolute Gasteiger partial charge is 0.484 e. The Morgan fingerprint density at radius 3 is 2.31 bits per heavy atom. The molecule has 3 rings (SSSR count). The predicted octanol–water partition coefficient (Wildman–Crippen LogP) is 4.19. The van der Waals surface area contributed by atoms with Crippen LogP contribution >= 0.6 is 11.3 Å². The van der Waals surface area contributed by atoms with Crippen LogP contribution < -0.4 is 10.1 Å². The molecule has 6 heteroatoms. The number of aryl methyl sites for hydroxylation is 1. The van der Waals surface area contributed by atoms with Crippen LogP contribution in [-0.4, -0.2) is 22.7 Å². The third kappa shape index (κ3) is 4.26. The van der Waals surface area contributed by atoms with E-state index in [1.165, 1.54) is 22.5 Å². The van der Waals surface area contributed by atoms with E-state index in [-0.39, 0.29) is 17.9 Å². The Hall–Kier alpha value is -2.73. The lowest BCUT2D eigenvalue weighted by Gasteiger charge is -2.26. The van der Waals surface area contributed by atoms with Gasteiger partial charge in [0.05, 0.1) is 0 Å². The Kier molecular flexibility index (Phi) is 5.32. The van der Waals surface area contributed by atoms with E-state index in [0.717, 1.165) is 5.01 Å². The smallest absolute Gasteiger partial charge is 0.264 e. The summed E-state index contributed by atoms with van der Waals surface area (Å²) in [4.78, 5) is 11.9. The van der Waals surface area contributed by atoms with Gasteiger partial charge in [0, 0.05) is 5.41 Å². The first kappa shape index (κ1) is 18.1. The standard InChI is InChI=1S/C20H21N3O2S/c1-14-22-23-19(26-14)21-18(24)13-25-17-11-9-16(10-12-17)20(2,3)15-7-5-4-6-8-15/h4-12H,13H2,1-3H3,(H,21,23,24). The molecule has 0 atom stereocenters. The van der Waals surface area contributed by atoms with Crippen molar-refractivity contribution in [3.63, 3.8) is 0 Å². The maximum atomic E-state index is 11.9. The normalized spacial score (nSPS) is 11.2. The van der Waals surface area contributed by atoms with Gasteiger partial charge in [0.15, 0.2) is 6.61 Å². The molecule has 0 aliphatic heterocycles. The van der Waals surface area contributed by atoms with Gasteiger partial charge in [-0.15, -0.1) is 10.2 Å². The van der Waals surface area contributed by atoms with Gasteiger partial charge in [0.25, 0.3) is 5.91 Å². The molecule has 0 fully saturated rings. The van der Waals surface area contributed by atoms with Gasteiger partial charge in [-0.05, 0) is 30.2 Å². The van der Waals surface area contributed by atoms with E-state index in [0.29, 0.717) is 10.9 Å². The fourth-order valence-corrected chi connectivity index (χ4v) is 3.25. The molecule has 0 bridgehead atoms. The second-order valence-corrected chi connectivity index (χ2v) is 7.66. The van der Waals surface area contributed by atoms with Crippen molar-refractivity contribution in [2.45, 2.75) is 26.2 Å². The van der Waals surface area contributed by atoms with E-state index in [4.69, 9.17) is 4.74 Å². The van der Waals surface area contributed by atoms with Crippen molar-refractivity contribution in [3.8, 4) is 5.75 Å². The van der Waals surface area contributed by atoms with Crippen molar-refractivity contribution in [2.24, 2.45) is 0 Å². The zero-order valence-electron chi connectivity index (χ0n) is 15.0. The first-order valence-electron chi connectivity index (χ1n) is 8.34. The van der Waals surface area contributed by atoms with Crippen molar-refractivity contribution >= 4 is 22.4 Å². The van der Waals surface area contributed by atoms with E-state index < -0.39 is 0 Å². The fourth-order valence-electron chi connectivity index (χ4n) is 2.64. The van der Waals surface area contributed by atoms with Crippen molar-refractivity contribution in [3.05, 3.63) is 70.7 Å². The summed E-state index contributed by atoms with van der Waals surface area (Å²) in [5.74, 6) is 0.399. The lowest BCUT2D eigenvalue weighted by atomic mass is 9.78. The van der Waals surface area contributed by atoms with Crippen molar-refractivity contribution < 1.29 is 9.53 Å². The summed E-state index contributed by atoms with van der Waals surface area (Å²) in [6, 6.07) is 18.2. The summed E-state index contributed by atoms with van der Waals surface area (Å²) in [6.07, 6.45) is 0. The average molecular weight is 367 g/mol. The third-order valence-electron chi connectivity index (χ3n) is 4.21. The van der Waals surface area contributed by atoms with Gasteiger partial charge in [-0.1, -0.05) is 67.6 Å². The van der Waals surface area contributed by atoms with E-state index in [9.17, 15) is 4.79 Å². The number of anilines is 1. The van der Waals surface area contributed by atoms with Crippen molar-refractivity contribution in [1.29, 1.82) is 0 Å². The highest BCUT2D eigenvalue weighted by atomic mass is 32.1. The molecular weight excluding hydrogens is 346 g/mol. The van der Waals surface area contributed by atoms with Crippen LogP contribution in [0, 0.1) is 6.92 Å². The van der Waals surface area contributed by atoms with Crippen LogP contribution in [0.3, 0.4) is 0 Å². The van der Waals surface area contributed by atoms with Gasteiger partial charge >= 0.3 is 0 Å². The first-order valence-corrected chi connectivity index (χ1v) is 9.15. The van der Waals surface area contributed by atoms with Crippen LogP contribution in [0.4, 0.5) is 5.13 Å². The van der Waals surface area contributed by atoms with Gasteiger partial charge in [-0.25, -0.2) is 0 Å². The summed E-state index contributed by atoms with van der Waals surface area (Å²) in [7, 11) is 0. The van der Waals surface area contributed by atoms with Crippen LogP contribution in [0.25, 0.3) is 0 Å². The fraction of sp³-hybridized carbons (Fsp3) is 0.250. The second kappa shape index (κ2) is 7.66. The maximum absolute atomic E-state index is 11.9. The minimum absolute atomic E-state index is 0.0694. The first-order chi connectivity index (χ1) is 12.4. The van der Waals surface area contributed by atoms with Crippen LogP contribution in [0.1, 0.15) is 30.0 Å². The summed E-state index contributed by atoms with van der Waals surface area (Å²) >= 11 is 1.33. The number of nitrogens with one attached hydrogen (secondary N) is 1. The summed E-state index contributed by atoms with van der Waals surface area (Å²) < 4.78 is 5.56. The summed E-state index contributed by atoms with van der Waals surface area (Å²) in [5, 5.41) is 11.7. The second-order valence-electron chi connectivity index (χ2n) is 6.48. The molecule has 0 radical (unpaired) electrons. The molecule has 0 saturated carbocycles. The number of ether oxygens (including phenoxy) is 1. The maximum Gasteiger partial charge on any atom is 0.264 e. The highest BCUT2D eigenvalue weighted by Gasteiger charge is 2.22. The number of carbonyl (C=O) groups excluding carboxylic acids is 1. The molecule has 0 aliphatic rings. The number of benzene rings is 2. The van der Waals surface area contributed by atoms with Gasteiger partial charge in [0.1, 0.15) is 10.8 Å². The number of hydrogen-bond acceptors (Lipinski definition) is 5. The Labute approximate surface area is 157 Å². The van der Waals surface area contributed by atoms with Crippen molar-refractivity contribution in [1.82, 2.24) is 10.2 Å². The molecule has 3 aromatic rings. The molecule has 26 heavy (non-hydrogen) atoms. The van der Waals surface area contributed by atoms with E-state index in [2.05, 4.69) is 41.5 Å². The molecule has 1 amide bonds. The molecule has 1 N–H and O–H groups in total. The summed E-state index contributed by atoms with van der Waals surface area (Å²) in [5.41, 5.74) is 2.33. The number of carbonyl (C=O) groups is 1. The molecule has 5 nitrogen and oxygen atoms in total. The zero-order valence-corrected chi connectivity index (χ0v) is 15.8. The molecular formula is C20H21N3O2S. The predicted molar refractivity (Wildman–Crippen MR) is 104 cm³/mol. The number of amides is 1.